The summed E-state index contributed by atoms with van der Waals surface area (Å²) in [5, 5.41) is 9.97. The van der Waals surface area contributed by atoms with Crippen LogP contribution >= 0.6 is 27.7 Å². The molecule has 1 aromatic rings. The van der Waals surface area contributed by atoms with Gasteiger partial charge in [-0.2, -0.15) is 0 Å². The predicted octanol–water partition coefficient (Wildman–Crippen LogP) is 3.46. The molecule has 0 saturated carbocycles. The summed E-state index contributed by atoms with van der Waals surface area (Å²) in [5.41, 5.74) is 0.647. The molecule has 0 amide bonds. The number of hydrogen-bond acceptors (Lipinski definition) is 4. The third-order valence-corrected chi connectivity index (χ3v) is 3.47. The van der Waals surface area contributed by atoms with Crippen LogP contribution in [0.3, 0.4) is 0 Å². The molecule has 0 bridgehead atoms. The number of methoxy groups -OCH3 is 1. The Morgan fingerprint density at radius 2 is 2.29 bits per heavy atom. The summed E-state index contributed by atoms with van der Waals surface area (Å²) in [5.74, 6) is 1.09. The number of carbonyl (C=O) groups excluding carboxylic acids is 1. The normalized spacial score (nSPS) is 10.8. The molecular formula is C12H13BrO3S. The molecule has 0 unspecified atom stereocenters. The second-order valence-corrected chi connectivity index (χ2v) is 5.27. The van der Waals surface area contributed by atoms with Crippen LogP contribution in [0.15, 0.2) is 22.7 Å². The van der Waals surface area contributed by atoms with Gasteiger partial charge in [0.25, 0.3) is 0 Å². The molecule has 0 aliphatic carbocycles. The van der Waals surface area contributed by atoms with Crippen LogP contribution in [-0.2, 0) is 4.79 Å². The summed E-state index contributed by atoms with van der Waals surface area (Å²) < 4.78 is 5.80. The number of phenolic OH excluding ortho intramolecular Hbond substituents is 1. The van der Waals surface area contributed by atoms with E-state index in [2.05, 4.69) is 15.9 Å². The van der Waals surface area contributed by atoms with Crippen molar-refractivity contribution in [1.82, 2.24) is 0 Å². The fourth-order valence-corrected chi connectivity index (χ4v) is 2.10. The molecule has 0 saturated heterocycles. The van der Waals surface area contributed by atoms with Gasteiger partial charge in [0.15, 0.2) is 16.6 Å². The number of thioether (sulfide) groups is 1. The van der Waals surface area contributed by atoms with Crippen LogP contribution in [0.1, 0.15) is 12.5 Å². The Labute approximate surface area is 113 Å². The molecule has 5 heteroatoms. The van der Waals surface area contributed by atoms with Crippen LogP contribution < -0.4 is 4.74 Å². The Balaban J connectivity index is 2.86. The van der Waals surface area contributed by atoms with Crippen LogP contribution in [0.4, 0.5) is 0 Å². The molecule has 1 N–H and O–H groups in total. The Morgan fingerprint density at radius 1 is 1.59 bits per heavy atom. The number of carbonyl (C=O) groups is 1. The van der Waals surface area contributed by atoms with E-state index in [1.165, 1.54) is 25.8 Å². The Bertz CT molecular complexity index is 444. The van der Waals surface area contributed by atoms with Gasteiger partial charge >= 0.3 is 0 Å². The van der Waals surface area contributed by atoms with Gasteiger partial charge < -0.3 is 9.84 Å². The molecule has 1 rings (SSSR count). The average molecular weight is 317 g/mol. The van der Waals surface area contributed by atoms with Crippen molar-refractivity contribution >= 4 is 38.9 Å². The maximum absolute atomic E-state index is 10.7. The number of benzene rings is 1. The largest absolute Gasteiger partial charge is 0.504 e. The summed E-state index contributed by atoms with van der Waals surface area (Å²) in [6, 6.07) is 3.48. The van der Waals surface area contributed by atoms with Crippen LogP contribution in [0.5, 0.6) is 11.5 Å². The van der Waals surface area contributed by atoms with Gasteiger partial charge in [0.05, 0.1) is 7.11 Å². The zero-order chi connectivity index (χ0) is 12.8. The smallest absolute Gasteiger partial charge is 0.186 e. The van der Waals surface area contributed by atoms with Crippen molar-refractivity contribution in [2.24, 2.45) is 0 Å². The summed E-state index contributed by atoms with van der Waals surface area (Å²) in [7, 11) is 1.50. The minimum atomic E-state index is 0.0728. The fourth-order valence-electron chi connectivity index (χ4n) is 1.22. The van der Waals surface area contributed by atoms with E-state index in [0.717, 1.165) is 4.47 Å². The van der Waals surface area contributed by atoms with E-state index in [9.17, 15) is 9.90 Å². The monoisotopic (exact) mass is 316 g/mol. The number of ether oxygens (including phenoxy) is 1. The number of phenols is 1. The molecule has 0 spiro atoms. The number of hydrogen-bond donors (Lipinski definition) is 1. The maximum Gasteiger partial charge on any atom is 0.186 e. The summed E-state index contributed by atoms with van der Waals surface area (Å²) in [4.78, 5) is 10.7. The summed E-state index contributed by atoms with van der Waals surface area (Å²) in [6.45, 7) is 1.53. The minimum Gasteiger partial charge on any atom is -0.504 e. The molecule has 1 aromatic carbocycles. The van der Waals surface area contributed by atoms with E-state index in [1.54, 1.807) is 18.2 Å². The van der Waals surface area contributed by atoms with Gasteiger partial charge in [-0.3, -0.25) is 4.79 Å². The molecule has 0 aliphatic rings. The number of halogens is 1. The van der Waals surface area contributed by atoms with Gasteiger partial charge in [0.2, 0.25) is 0 Å². The summed E-state index contributed by atoms with van der Waals surface area (Å²) in [6.07, 6.45) is 3.59. The average Bonchev–Trinajstić information content (AvgIpc) is 2.27. The number of aromatic hydroxyl groups is 1. The Hall–Kier alpha value is -0.940. The van der Waals surface area contributed by atoms with Crippen molar-refractivity contribution in [2.75, 3.05) is 12.9 Å². The Kier molecular flexibility index (Phi) is 5.58. The first-order valence-corrected chi connectivity index (χ1v) is 6.69. The van der Waals surface area contributed by atoms with E-state index in [1.807, 2.05) is 6.08 Å². The molecule has 92 valence electrons. The van der Waals surface area contributed by atoms with Crippen molar-refractivity contribution in [3.8, 4) is 11.5 Å². The summed E-state index contributed by atoms with van der Waals surface area (Å²) >= 11 is 4.57. The number of rotatable bonds is 4. The van der Waals surface area contributed by atoms with Crippen molar-refractivity contribution in [1.29, 1.82) is 0 Å². The van der Waals surface area contributed by atoms with Crippen LogP contribution in [0, 0.1) is 0 Å². The predicted molar refractivity (Wildman–Crippen MR) is 74.5 cm³/mol. The third kappa shape index (κ3) is 4.09. The highest BCUT2D eigenvalue weighted by atomic mass is 79.9. The quantitative estimate of drug-likeness (QED) is 0.924. The first-order chi connectivity index (χ1) is 8.06. The van der Waals surface area contributed by atoms with Gasteiger partial charge in [-0.05, 0) is 12.1 Å². The second-order valence-electron chi connectivity index (χ2n) is 3.22. The van der Waals surface area contributed by atoms with E-state index in [4.69, 9.17) is 4.74 Å². The van der Waals surface area contributed by atoms with Gasteiger partial charge in [-0.25, -0.2) is 0 Å². The van der Waals surface area contributed by atoms with Gasteiger partial charge in [-0.15, -0.1) is 0 Å². The molecule has 0 atom stereocenters. The molecule has 0 fully saturated rings. The lowest BCUT2D eigenvalue weighted by Gasteiger charge is -2.07. The lowest BCUT2D eigenvalue weighted by Crippen LogP contribution is -1.87. The van der Waals surface area contributed by atoms with Crippen LogP contribution in [0.2, 0.25) is 0 Å². The van der Waals surface area contributed by atoms with Gasteiger partial charge in [0.1, 0.15) is 0 Å². The van der Waals surface area contributed by atoms with Gasteiger partial charge in [0, 0.05) is 22.7 Å². The minimum absolute atomic E-state index is 0.0728. The van der Waals surface area contributed by atoms with E-state index < -0.39 is 0 Å². The highest BCUT2D eigenvalue weighted by molar-refractivity contribution is 9.10. The zero-order valence-electron chi connectivity index (χ0n) is 9.57. The molecule has 0 aromatic heterocycles. The molecule has 3 nitrogen and oxygen atoms in total. The topological polar surface area (TPSA) is 46.5 Å². The maximum atomic E-state index is 10.7. The van der Waals surface area contributed by atoms with Crippen LogP contribution in [0.25, 0.3) is 6.08 Å². The highest BCUT2D eigenvalue weighted by Gasteiger charge is 2.08. The first-order valence-electron chi connectivity index (χ1n) is 4.91. The second kappa shape index (κ2) is 6.71. The third-order valence-electron chi connectivity index (χ3n) is 2.01. The van der Waals surface area contributed by atoms with E-state index in [0.29, 0.717) is 17.1 Å². The van der Waals surface area contributed by atoms with Crippen molar-refractivity contribution in [3.63, 3.8) is 0 Å². The highest BCUT2D eigenvalue weighted by Crippen LogP contribution is 2.35. The lowest BCUT2D eigenvalue weighted by molar-refractivity contribution is -0.109. The molecule has 0 heterocycles. The Morgan fingerprint density at radius 3 is 2.88 bits per heavy atom. The van der Waals surface area contributed by atoms with Crippen molar-refractivity contribution < 1.29 is 14.6 Å². The van der Waals surface area contributed by atoms with Crippen molar-refractivity contribution in [2.45, 2.75) is 6.92 Å². The standard InChI is InChI=1S/C12H13BrO3S/c1-8(14)17-7-3-4-9-10(13)5-6-11(16-2)12(9)15/h3-6,15H,7H2,1-2H3. The SMILES string of the molecule is COc1ccc(Br)c(C=CCSC(C)=O)c1O. The molecule has 0 aliphatic heterocycles. The first kappa shape index (κ1) is 14.1. The van der Waals surface area contributed by atoms with E-state index >= 15 is 0 Å². The van der Waals surface area contributed by atoms with Crippen LogP contribution in [-0.4, -0.2) is 23.1 Å². The van der Waals surface area contributed by atoms with Gasteiger partial charge in [-0.1, -0.05) is 39.8 Å². The molecule has 0 radical (unpaired) electrons. The van der Waals surface area contributed by atoms with Crippen molar-refractivity contribution in [3.05, 3.63) is 28.2 Å². The fraction of sp³-hybridized carbons (Fsp3) is 0.250. The zero-order valence-corrected chi connectivity index (χ0v) is 12.0. The molecule has 17 heavy (non-hydrogen) atoms. The van der Waals surface area contributed by atoms with E-state index in [-0.39, 0.29) is 10.9 Å². The molecular weight excluding hydrogens is 304 g/mol. The lowest BCUT2D eigenvalue weighted by atomic mass is 10.2.